The van der Waals surface area contributed by atoms with Crippen LogP contribution in [-0.4, -0.2) is 9.78 Å². The minimum Gasteiger partial charge on any atom is -0.487 e. The van der Waals surface area contributed by atoms with Crippen molar-refractivity contribution >= 4 is 0 Å². The van der Waals surface area contributed by atoms with Crippen LogP contribution in [0.4, 0.5) is 0 Å². The van der Waals surface area contributed by atoms with Crippen LogP contribution in [0.2, 0.25) is 0 Å². The number of aryl methyl sites for hydroxylation is 3. The van der Waals surface area contributed by atoms with Crippen LogP contribution >= 0.6 is 0 Å². The summed E-state index contributed by atoms with van der Waals surface area (Å²) in [7, 11) is 1.90. The Kier molecular flexibility index (Phi) is 3.67. The van der Waals surface area contributed by atoms with Crippen molar-refractivity contribution in [3.8, 4) is 5.75 Å². The van der Waals surface area contributed by atoms with Gasteiger partial charge in [0, 0.05) is 19.8 Å². The Morgan fingerprint density at radius 3 is 2.44 bits per heavy atom. The zero-order chi connectivity index (χ0) is 13.1. The number of ether oxygens (including phenoxy) is 1. The van der Waals surface area contributed by atoms with Crippen LogP contribution < -0.4 is 10.5 Å². The molecule has 0 amide bonds. The Morgan fingerprint density at radius 2 is 1.94 bits per heavy atom. The molecule has 0 bridgehead atoms. The number of nitrogens with zero attached hydrogens (tertiary/aromatic N) is 2. The van der Waals surface area contributed by atoms with Crippen LogP contribution in [0.1, 0.15) is 22.4 Å². The van der Waals surface area contributed by atoms with Gasteiger partial charge in [-0.2, -0.15) is 5.10 Å². The summed E-state index contributed by atoms with van der Waals surface area (Å²) in [5.41, 5.74) is 9.95. The van der Waals surface area contributed by atoms with Crippen molar-refractivity contribution in [2.45, 2.75) is 27.0 Å². The van der Waals surface area contributed by atoms with Crippen LogP contribution in [0.3, 0.4) is 0 Å². The second kappa shape index (κ2) is 5.23. The van der Waals surface area contributed by atoms with Gasteiger partial charge in [-0.25, -0.2) is 0 Å². The maximum Gasteiger partial charge on any atom is 0.132 e. The molecule has 4 nitrogen and oxygen atoms in total. The van der Waals surface area contributed by atoms with Crippen molar-refractivity contribution in [2.75, 3.05) is 0 Å². The molecule has 2 aromatic rings. The van der Waals surface area contributed by atoms with Crippen LogP contribution in [-0.2, 0) is 20.2 Å². The second-order valence-corrected chi connectivity index (χ2v) is 4.53. The first-order valence-electron chi connectivity index (χ1n) is 6.01. The number of nitrogens with two attached hydrogens (primary N) is 1. The van der Waals surface area contributed by atoms with E-state index in [1.807, 2.05) is 33.2 Å². The summed E-state index contributed by atoms with van der Waals surface area (Å²) in [6.45, 7) is 5.13. The Hall–Kier alpha value is -1.81. The van der Waals surface area contributed by atoms with Gasteiger partial charge < -0.3 is 10.5 Å². The number of rotatable bonds is 4. The molecule has 0 saturated carbocycles. The van der Waals surface area contributed by atoms with Gasteiger partial charge in [0.15, 0.2) is 0 Å². The molecule has 1 aromatic carbocycles. The van der Waals surface area contributed by atoms with Gasteiger partial charge in [-0.3, -0.25) is 4.68 Å². The van der Waals surface area contributed by atoms with Gasteiger partial charge in [0.05, 0.1) is 5.69 Å². The topological polar surface area (TPSA) is 53.1 Å². The highest BCUT2D eigenvalue weighted by Gasteiger charge is 2.07. The minimum atomic E-state index is 0.491. The summed E-state index contributed by atoms with van der Waals surface area (Å²) < 4.78 is 7.62. The summed E-state index contributed by atoms with van der Waals surface area (Å²) in [5.74, 6) is 0.929. The molecule has 0 atom stereocenters. The highest BCUT2D eigenvalue weighted by molar-refractivity contribution is 5.43. The molecule has 0 fully saturated rings. The van der Waals surface area contributed by atoms with Crippen molar-refractivity contribution in [1.29, 1.82) is 0 Å². The predicted octanol–water partition coefficient (Wildman–Crippen LogP) is 2.07. The predicted molar refractivity (Wildman–Crippen MR) is 71.3 cm³/mol. The minimum absolute atomic E-state index is 0.491. The fourth-order valence-electron chi connectivity index (χ4n) is 2.07. The van der Waals surface area contributed by atoms with E-state index >= 15 is 0 Å². The monoisotopic (exact) mass is 245 g/mol. The largest absolute Gasteiger partial charge is 0.487 e. The van der Waals surface area contributed by atoms with E-state index in [9.17, 15) is 0 Å². The molecule has 0 spiro atoms. The average Bonchev–Trinajstić information content (AvgIpc) is 2.73. The maximum absolute atomic E-state index is 5.85. The fourth-order valence-corrected chi connectivity index (χ4v) is 2.07. The van der Waals surface area contributed by atoms with Gasteiger partial charge in [0.2, 0.25) is 0 Å². The Balaban J connectivity index is 2.14. The third kappa shape index (κ3) is 2.71. The lowest BCUT2D eigenvalue weighted by Crippen LogP contribution is -2.03. The summed E-state index contributed by atoms with van der Waals surface area (Å²) in [6, 6.07) is 6.10. The fraction of sp³-hybridized carbons (Fsp3) is 0.357. The molecule has 0 aliphatic heterocycles. The number of hydrogen-bond acceptors (Lipinski definition) is 3. The van der Waals surface area contributed by atoms with E-state index < -0.39 is 0 Å². The highest BCUT2D eigenvalue weighted by Crippen LogP contribution is 2.25. The van der Waals surface area contributed by atoms with E-state index in [-0.39, 0.29) is 0 Å². The third-order valence-electron chi connectivity index (χ3n) is 2.89. The van der Waals surface area contributed by atoms with E-state index in [4.69, 9.17) is 10.5 Å². The van der Waals surface area contributed by atoms with E-state index in [2.05, 4.69) is 17.2 Å². The number of aromatic nitrogens is 2. The first-order chi connectivity index (χ1) is 8.60. The molecule has 0 radical (unpaired) electrons. The van der Waals surface area contributed by atoms with E-state index in [0.29, 0.717) is 13.2 Å². The molecular weight excluding hydrogens is 226 g/mol. The van der Waals surface area contributed by atoms with E-state index in [1.54, 1.807) is 4.68 Å². The molecular formula is C14H19N3O. The van der Waals surface area contributed by atoms with Crippen molar-refractivity contribution in [1.82, 2.24) is 9.78 Å². The van der Waals surface area contributed by atoms with Crippen molar-refractivity contribution in [3.05, 3.63) is 46.8 Å². The van der Waals surface area contributed by atoms with Gasteiger partial charge in [0.25, 0.3) is 0 Å². The summed E-state index contributed by atoms with van der Waals surface area (Å²) in [6.07, 6.45) is 1.91. The highest BCUT2D eigenvalue weighted by atomic mass is 16.5. The lowest BCUT2D eigenvalue weighted by molar-refractivity contribution is 0.296. The zero-order valence-corrected chi connectivity index (χ0v) is 11.1. The Morgan fingerprint density at radius 1 is 1.28 bits per heavy atom. The Bertz CT molecular complexity index is 523. The molecule has 2 rings (SSSR count). The average molecular weight is 245 g/mol. The number of benzene rings is 1. The normalized spacial score (nSPS) is 10.7. The zero-order valence-electron chi connectivity index (χ0n) is 11.1. The van der Waals surface area contributed by atoms with Crippen LogP contribution in [0.25, 0.3) is 0 Å². The summed E-state index contributed by atoms with van der Waals surface area (Å²) in [4.78, 5) is 0. The van der Waals surface area contributed by atoms with Crippen LogP contribution in [0.5, 0.6) is 5.75 Å². The summed E-state index contributed by atoms with van der Waals surface area (Å²) >= 11 is 0. The lowest BCUT2D eigenvalue weighted by atomic mass is 10.1. The molecule has 0 unspecified atom stereocenters. The first-order valence-corrected chi connectivity index (χ1v) is 6.01. The molecule has 96 valence electrons. The summed E-state index contributed by atoms with van der Waals surface area (Å²) in [5, 5.41) is 4.29. The van der Waals surface area contributed by atoms with Crippen molar-refractivity contribution < 1.29 is 4.74 Å². The molecule has 0 aliphatic rings. The van der Waals surface area contributed by atoms with Gasteiger partial charge in [0.1, 0.15) is 12.4 Å². The number of hydrogen-bond donors (Lipinski definition) is 1. The molecule has 0 aliphatic carbocycles. The van der Waals surface area contributed by atoms with Crippen molar-refractivity contribution in [2.24, 2.45) is 12.8 Å². The molecule has 0 saturated heterocycles. The molecule has 18 heavy (non-hydrogen) atoms. The first kappa shape index (κ1) is 12.6. The van der Waals surface area contributed by atoms with Gasteiger partial charge in [-0.1, -0.05) is 12.1 Å². The third-order valence-corrected chi connectivity index (χ3v) is 2.89. The van der Waals surface area contributed by atoms with E-state index in [1.165, 1.54) is 0 Å². The van der Waals surface area contributed by atoms with Crippen molar-refractivity contribution in [3.63, 3.8) is 0 Å². The molecule has 2 N–H and O–H groups in total. The molecule has 4 heteroatoms. The van der Waals surface area contributed by atoms with Gasteiger partial charge in [-0.15, -0.1) is 0 Å². The van der Waals surface area contributed by atoms with Crippen LogP contribution in [0, 0.1) is 13.8 Å². The molecule has 1 heterocycles. The lowest BCUT2D eigenvalue weighted by Gasteiger charge is -2.12. The van der Waals surface area contributed by atoms with E-state index in [0.717, 1.165) is 28.1 Å². The Labute approximate surface area is 107 Å². The maximum atomic E-state index is 5.85. The smallest absolute Gasteiger partial charge is 0.132 e. The second-order valence-electron chi connectivity index (χ2n) is 4.53. The SMILES string of the molecule is Cc1cc(CN)cc(C)c1OCc1ccn(C)n1. The standard InChI is InChI=1S/C14H19N3O/c1-10-6-12(8-15)7-11(2)14(10)18-9-13-4-5-17(3)16-13/h4-7H,8-9,15H2,1-3H3. The van der Waals surface area contributed by atoms with Gasteiger partial charge >= 0.3 is 0 Å². The van der Waals surface area contributed by atoms with Crippen LogP contribution in [0.15, 0.2) is 24.4 Å². The quantitative estimate of drug-likeness (QED) is 0.897. The van der Waals surface area contributed by atoms with Gasteiger partial charge in [-0.05, 0) is 36.6 Å². The molecule has 1 aromatic heterocycles.